The van der Waals surface area contributed by atoms with Crippen LogP contribution < -0.4 is 14.4 Å². The number of carbonyl (C=O) groups is 1. The third-order valence-corrected chi connectivity index (χ3v) is 4.94. The average Bonchev–Trinajstić information content (AvgIpc) is 2.72. The monoisotopic (exact) mass is 364 g/mol. The summed E-state index contributed by atoms with van der Waals surface area (Å²) in [6, 6.07) is 14.2. The lowest BCUT2D eigenvalue weighted by Crippen LogP contribution is -2.48. The lowest BCUT2D eigenvalue weighted by atomic mass is 10.1. The fourth-order valence-electron chi connectivity index (χ4n) is 3.45. The van der Waals surface area contributed by atoms with Crippen LogP contribution in [-0.4, -0.2) is 50.2 Å². The predicted octanol–water partition coefficient (Wildman–Crippen LogP) is 3.13. The molecule has 2 aromatic carbocycles. The summed E-state index contributed by atoms with van der Waals surface area (Å²) in [5, 5.41) is 0. The minimum Gasteiger partial charge on any atom is -0.486 e. The molecule has 140 valence electrons. The van der Waals surface area contributed by atoms with Crippen molar-refractivity contribution in [3.63, 3.8) is 0 Å². The van der Waals surface area contributed by atoms with E-state index in [1.165, 1.54) is 11.3 Å². The van der Waals surface area contributed by atoms with E-state index in [1.807, 2.05) is 29.2 Å². The molecule has 2 aliphatic rings. The first-order valence-electron chi connectivity index (χ1n) is 9.37. The van der Waals surface area contributed by atoms with Crippen molar-refractivity contribution in [3.8, 4) is 11.5 Å². The largest absolute Gasteiger partial charge is 0.486 e. The first kappa shape index (κ1) is 17.5. The number of ether oxygens (including phenoxy) is 2. The van der Waals surface area contributed by atoms with Crippen LogP contribution in [0, 0.1) is 6.92 Å². The van der Waals surface area contributed by atoms with Gasteiger partial charge in [0, 0.05) is 37.9 Å². The Labute approximate surface area is 159 Å². The summed E-state index contributed by atoms with van der Waals surface area (Å²) in [6.45, 7) is 6.42. The highest BCUT2D eigenvalue weighted by molar-refractivity contribution is 5.92. The molecule has 0 N–H and O–H groups in total. The van der Waals surface area contributed by atoms with E-state index in [2.05, 4.69) is 36.1 Å². The number of hydrogen-bond donors (Lipinski definition) is 0. The van der Waals surface area contributed by atoms with Gasteiger partial charge in [-0.15, -0.1) is 0 Å². The van der Waals surface area contributed by atoms with Gasteiger partial charge in [0.15, 0.2) is 11.5 Å². The van der Waals surface area contributed by atoms with Gasteiger partial charge in [-0.25, -0.2) is 0 Å². The molecule has 1 saturated heterocycles. The van der Waals surface area contributed by atoms with E-state index in [1.54, 1.807) is 6.08 Å². The molecule has 1 amide bonds. The Kier molecular flexibility index (Phi) is 5.01. The highest BCUT2D eigenvalue weighted by Crippen LogP contribution is 2.31. The molecule has 1 fully saturated rings. The Morgan fingerprint density at radius 1 is 0.963 bits per heavy atom. The van der Waals surface area contributed by atoms with Crippen LogP contribution in [-0.2, 0) is 4.79 Å². The fourth-order valence-corrected chi connectivity index (χ4v) is 3.45. The van der Waals surface area contributed by atoms with Crippen molar-refractivity contribution >= 4 is 17.7 Å². The molecule has 4 rings (SSSR count). The molecule has 0 spiro atoms. The summed E-state index contributed by atoms with van der Waals surface area (Å²) in [6.07, 6.45) is 3.49. The van der Waals surface area contributed by atoms with Gasteiger partial charge in [0.25, 0.3) is 0 Å². The van der Waals surface area contributed by atoms with Crippen LogP contribution in [0.3, 0.4) is 0 Å². The maximum atomic E-state index is 12.5. The topological polar surface area (TPSA) is 42.0 Å². The molecule has 27 heavy (non-hydrogen) atoms. The van der Waals surface area contributed by atoms with Crippen LogP contribution >= 0.6 is 0 Å². The maximum absolute atomic E-state index is 12.5. The van der Waals surface area contributed by atoms with Gasteiger partial charge in [0.05, 0.1) is 0 Å². The summed E-state index contributed by atoms with van der Waals surface area (Å²) in [4.78, 5) is 16.8. The molecule has 0 saturated carbocycles. The van der Waals surface area contributed by atoms with Gasteiger partial charge in [-0.05, 0) is 48.4 Å². The van der Waals surface area contributed by atoms with Gasteiger partial charge < -0.3 is 19.3 Å². The van der Waals surface area contributed by atoms with E-state index in [-0.39, 0.29) is 5.91 Å². The lowest BCUT2D eigenvalue weighted by Gasteiger charge is -2.35. The van der Waals surface area contributed by atoms with E-state index in [0.29, 0.717) is 13.2 Å². The van der Waals surface area contributed by atoms with Crippen molar-refractivity contribution in [1.82, 2.24) is 4.90 Å². The number of hydrogen-bond acceptors (Lipinski definition) is 4. The fraction of sp³-hybridized carbons (Fsp3) is 0.318. The molecule has 5 heteroatoms. The molecular formula is C22H24N2O3. The van der Waals surface area contributed by atoms with Crippen LogP contribution in [0.1, 0.15) is 11.1 Å². The Bertz CT molecular complexity index is 854. The standard InChI is InChI=1S/C22H24N2O3/c1-17-3-2-4-19(15-17)23-9-11-24(12-10-23)22(25)8-6-18-5-7-20-21(16-18)27-14-13-26-20/h2-8,15-16H,9-14H2,1H3/b8-6+. The van der Waals surface area contributed by atoms with Crippen molar-refractivity contribution in [3.05, 3.63) is 59.7 Å². The van der Waals surface area contributed by atoms with Gasteiger partial charge in [0.2, 0.25) is 5.91 Å². The zero-order valence-corrected chi connectivity index (χ0v) is 15.6. The molecular weight excluding hydrogens is 340 g/mol. The first-order valence-corrected chi connectivity index (χ1v) is 9.37. The Hall–Kier alpha value is -2.95. The number of aryl methyl sites for hydroxylation is 1. The van der Waals surface area contributed by atoms with Gasteiger partial charge in [-0.1, -0.05) is 18.2 Å². The van der Waals surface area contributed by atoms with E-state index >= 15 is 0 Å². The van der Waals surface area contributed by atoms with Gasteiger partial charge in [-0.2, -0.15) is 0 Å². The number of carbonyl (C=O) groups excluding carboxylic acids is 1. The van der Waals surface area contributed by atoms with Crippen LogP contribution in [0.25, 0.3) is 6.08 Å². The van der Waals surface area contributed by atoms with Crippen LogP contribution in [0.4, 0.5) is 5.69 Å². The second kappa shape index (κ2) is 7.74. The molecule has 0 unspecified atom stereocenters. The molecule has 2 aromatic rings. The summed E-state index contributed by atoms with van der Waals surface area (Å²) < 4.78 is 11.1. The molecule has 2 heterocycles. The second-order valence-corrected chi connectivity index (χ2v) is 6.89. The van der Waals surface area contributed by atoms with E-state index in [9.17, 15) is 4.79 Å². The van der Waals surface area contributed by atoms with Gasteiger partial charge >= 0.3 is 0 Å². The number of benzene rings is 2. The SMILES string of the molecule is Cc1cccc(N2CCN(C(=O)/C=C/c3ccc4c(c3)OCCO4)CC2)c1. The maximum Gasteiger partial charge on any atom is 0.246 e. The summed E-state index contributed by atoms with van der Waals surface area (Å²) >= 11 is 0. The van der Waals surface area contributed by atoms with Gasteiger partial charge in [0.1, 0.15) is 13.2 Å². The number of nitrogens with zero attached hydrogens (tertiary/aromatic N) is 2. The summed E-state index contributed by atoms with van der Waals surface area (Å²) in [7, 11) is 0. The highest BCUT2D eigenvalue weighted by atomic mass is 16.6. The number of amides is 1. The first-order chi connectivity index (χ1) is 13.2. The number of anilines is 1. The zero-order valence-electron chi connectivity index (χ0n) is 15.6. The Morgan fingerprint density at radius 2 is 1.74 bits per heavy atom. The van der Waals surface area contributed by atoms with Crippen molar-refractivity contribution in [2.24, 2.45) is 0 Å². The third-order valence-electron chi connectivity index (χ3n) is 4.94. The van der Waals surface area contributed by atoms with Crippen molar-refractivity contribution < 1.29 is 14.3 Å². The lowest BCUT2D eigenvalue weighted by molar-refractivity contribution is -0.126. The minimum atomic E-state index is 0.0498. The Morgan fingerprint density at radius 3 is 2.52 bits per heavy atom. The zero-order chi connectivity index (χ0) is 18.6. The van der Waals surface area contributed by atoms with Gasteiger partial charge in [-0.3, -0.25) is 4.79 Å². The van der Waals surface area contributed by atoms with E-state index in [4.69, 9.17) is 9.47 Å². The average molecular weight is 364 g/mol. The van der Waals surface area contributed by atoms with Crippen molar-refractivity contribution in [2.75, 3.05) is 44.3 Å². The highest BCUT2D eigenvalue weighted by Gasteiger charge is 2.20. The summed E-state index contributed by atoms with van der Waals surface area (Å²) in [5.74, 6) is 1.55. The molecule has 5 nitrogen and oxygen atoms in total. The van der Waals surface area contributed by atoms with E-state index in [0.717, 1.165) is 43.2 Å². The smallest absolute Gasteiger partial charge is 0.246 e. The van der Waals surface area contributed by atoms with Crippen LogP contribution in [0.15, 0.2) is 48.5 Å². The Balaban J connectivity index is 1.35. The molecule has 0 radical (unpaired) electrons. The summed E-state index contributed by atoms with van der Waals surface area (Å²) in [5.41, 5.74) is 3.42. The number of piperazine rings is 1. The minimum absolute atomic E-state index is 0.0498. The molecule has 0 aliphatic carbocycles. The molecule has 2 aliphatic heterocycles. The van der Waals surface area contributed by atoms with E-state index < -0.39 is 0 Å². The second-order valence-electron chi connectivity index (χ2n) is 6.89. The third kappa shape index (κ3) is 4.08. The number of fused-ring (bicyclic) bond motifs is 1. The number of rotatable bonds is 3. The predicted molar refractivity (Wildman–Crippen MR) is 106 cm³/mol. The van der Waals surface area contributed by atoms with Crippen molar-refractivity contribution in [1.29, 1.82) is 0 Å². The van der Waals surface area contributed by atoms with Crippen LogP contribution in [0.5, 0.6) is 11.5 Å². The normalized spacial score (nSPS) is 16.6. The van der Waals surface area contributed by atoms with Crippen molar-refractivity contribution in [2.45, 2.75) is 6.92 Å². The molecule has 0 aromatic heterocycles. The quantitative estimate of drug-likeness (QED) is 0.785. The molecule has 0 bridgehead atoms. The molecule has 0 atom stereocenters. The van der Waals surface area contributed by atoms with Crippen LogP contribution in [0.2, 0.25) is 0 Å².